The molecule has 19 heavy (non-hydrogen) atoms. The van der Waals surface area contributed by atoms with Gasteiger partial charge in [0.05, 0.1) is 11.0 Å². The second kappa shape index (κ2) is 7.95. The molecule has 0 aliphatic carbocycles. The second-order valence-electron chi connectivity index (χ2n) is 4.05. The van der Waals surface area contributed by atoms with Crippen molar-refractivity contribution < 1.29 is 22.6 Å². The molecule has 0 radical (unpaired) electrons. The predicted octanol–water partition coefficient (Wildman–Crippen LogP) is 3.13. The van der Waals surface area contributed by atoms with Gasteiger partial charge < -0.3 is 4.74 Å². The van der Waals surface area contributed by atoms with Crippen LogP contribution in [-0.4, -0.2) is 21.6 Å². The van der Waals surface area contributed by atoms with Crippen molar-refractivity contribution in [2.45, 2.75) is 31.0 Å². The van der Waals surface area contributed by atoms with Gasteiger partial charge in [-0.05, 0) is 44.2 Å². The van der Waals surface area contributed by atoms with Crippen LogP contribution in [0.2, 0.25) is 0 Å². The number of sulfonamides is 1. The molecule has 1 aromatic rings. The normalized spacial score (nSPS) is 21.3. The summed E-state index contributed by atoms with van der Waals surface area (Å²) in [6, 6.07) is 5.11. The zero-order valence-corrected chi connectivity index (χ0v) is 17.3. The molecular weight excluding hydrogens is 531 g/mol. The van der Waals surface area contributed by atoms with Crippen LogP contribution in [-0.2, 0) is 24.2 Å². The van der Waals surface area contributed by atoms with Crippen molar-refractivity contribution in [3.63, 3.8) is 0 Å². The molecule has 1 heterocycles. The van der Waals surface area contributed by atoms with E-state index in [1.54, 1.807) is 12.1 Å². The van der Waals surface area contributed by atoms with Gasteiger partial charge >= 0.3 is 49.4 Å². The van der Waals surface area contributed by atoms with Crippen LogP contribution in [0.4, 0.5) is 0 Å². The quantitative estimate of drug-likeness (QED) is 0.469. The van der Waals surface area contributed by atoms with Crippen LogP contribution in [0.5, 0.6) is 0 Å². The van der Waals surface area contributed by atoms with E-state index in [-0.39, 0.29) is 12.2 Å². The summed E-state index contributed by atoms with van der Waals surface area (Å²) in [5, 5.41) is 0. The van der Waals surface area contributed by atoms with Crippen molar-refractivity contribution in [1.29, 1.82) is 0 Å². The zero-order chi connectivity index (χ0) is 14.6. The number of halogens is 2. The van der Waals surface area contributed by atoms with Gasteiger partial charge in [0, 0.05) is 0 Å². The van der Waals surface area contributed by atoms with Crippen molar-refractivity contribution in [3.05, 3.63) is 29.3 Å². The van der Waals surface area contributed by atoms with Gasteiger partial charge in [0.1, 0.15) is 6.10 Å². The molecule has 107 valence electrons. The first kappa shape index (κ1) is 18.2. The molecule has 8 heteroatoms. The van der Waals surface area contributed by atoms with Gasteiger partial charge in [-0.1, -0.05) is 6.07 Å². The minimum absolute atomic E-state index is 0.0482. The molecule has 4 nitrogen and oxygen atoms in total. The summed E-state index contributed by atoms with van der Waals surface area (Å²) in [6.07, 6.45) is 0.234. The molecule has 1 N–H and O–H groups in total. The number of nitrogens with one attached hydrogen (secondary N) is 1. The summed E-state index contributed by atoms with van der Waals surface area (Å²) in [4.78, 5) is 0.290. The number of hydrogen-bond donors (Lipinski definition) is 1. The van der Waals surface area contributed by atoms with Crippen LogP contribution in [0, 0.1) is 6.92 Å². The Morgan fingerprint density at radius 1 is 1.37 bits per heavy atom. The Balaban J connectivity index is 0.000000550. The summed E-state index contributed by atoms with van der Waals surface area (Å²) >= 11 is 4.74. The number of aryl methyl sites for hydroxylation is 1. The average molecular weight is 546 g/mol. The maximum atomic E-state index is 11.6. The summed E-state index contributed by atoms with van der Waals surface area (Å²) in [7, 11) is -1.33. The summed E-state index contributed by atoms with van der Waals surface area (Å²) in [6.45, 7) is 3.93. The molecule has 2 atom stereocenters. The first-order valence-corrected chi connectivity index (χ1v) is 16.0. The Labute approximate surface area is 143 Å². The van der Waals surface area contributed by atoms with E-state index < -0.39 is 10.0 Å². The fourth-order valence-electron chi connectivity index (χ4n) is 1.72. The van der Waals surface area contributed by atoms with E-state index in [1.165, 1.54) is 7.05 Å². The van der Waals surface area contributed by atoms with E-state index in [2.05, 4.69) is 44.7 Å². The molecule has 2 rings (SSSR count). The standard InChI is InChI=1S/C11H15NO3S.2HI.V/c1-7-4-5-9(16(13,14)12-3)6-10(7)11-8(2)15-11;;;/h4-6,8,11-12H,1-3H3;2*1H;/q;;;+2/p-2. The van der Waals surface area contributed by atoms with Crippen molar-refractivity contribution >= 4 is 50.0 Å². The fraction of sp³-hybridized carbons (Fsp3) is 0.455. The molecule has 0 bridgehead atoms. The number of hydrogen-bond acceptors (Lipinski definition) is 3. The van der Waals surface area contributed by atoms with Gasteiger partial charge in [-0.25, -0.2) is 13.1 Å². The molecule has 0 aromatic heterocycles. The third-order valence-corrected chi connectivity index (χ3v) is 4.26. The van der Waals surface area contributed by atoms with Gasteiger partial charge in [0.25, 0.3) is 0 Å². The van der Waals surface area contributed by atoms with Crippen LogP contribution in [0.15, 0.2) is 23.1 Å². The van der Waals surface area contributed by atoms with E-state index in [1.807, 2.05) is 19.9 Å². The zero-order valence-electron chi connectivity index (χ0n) is 10.7. The molecule has 1 aliphatic heterocycles. The van der Waals surface area contributed by atoms with E-state index in [0.29, 0.717) is 14.4 Å². The van der Waals surface area contributed by atoms with E-state index in [4.69, 9.17) is 4.74 Å². The number of rotatable bonds is 3. The number of ether oxygens (including phenoxy) is 1. The first-order chi connectivity index (χ1) is 8.87. The van der Waals surface area contributed by atoms with Crippen LogP contribution in [0.1, 0.15) is 24.2 Å². The van der Waals surface area contributed by atoms with Crippen LogP contribution >= 0.6 is 40.0 Å². The van der Waals surface area contributed by atoms with Crippen molar-refractivity contribution in [2.75, 3.05) is 7.05 Å². The molecule has 0 spiro atoms. The Morgan fingerprint density at radius 3 is 2.32 bits per heavy atom. The van der Waals surface area contributed by atoms with Gasteiger partial charge in [0.15, 0.2) is 0 Å². The van der Waals surface area contributed by atoms with Gasteiger partial charge in [0.2, 0.25) is 10.0 Å². The Bertz CT molecular complexity index is 539. The molecule has 0 saturated carbocycles. The second-order valence-corrected chi connectivity index (χ2v) is 17.7. The Kier molecular flexibility index (Phi) is 7.61. The molecule has 1 aromatic carbocycles. The van der Waals surface area contributed by atoms with Crippen molar-refractivity contribution in [2.24, 2.45) is 0 Å². The molecule has 1 saturated heterocycles. The van der Waals surface area contributed by atoms with E-state index in [9.17, 15) is 8.42 Å². The topological polar surface area (TPSA) is 58.7 Å². The molecule has 1 aliphatic rings. The third kappa shape index (κ3) is 5.12. The van der Waals surface area contributed by atoms with E-state index in [0.717, 1.165) is 11.1 Å². The SMILES string of the molecule is CNS(=O)(=O)c1ccc(C)c(C2OC2C)c1.[I][V][I]. The predicted molar refractivity (Wildman–Crippen MR) is 88.8 cm³/mol. The third-order valence-electron chi connectivity index (χ3n) is 2.85. The molecule has 0 amide bonds. The van der Waals surface area contributed by atoms with Crippen molar-refractivity contribution in [1.82, 2.24) is 4.72 Å². The van der Waals surface area contributed by atoms with Crippen LogP contribution in [0.25, 0.3) is 0 Å². The van der Waals surface area contributed by atoms with Crippen LogP contribution in [0.3, 0.4) is 0 Å². The average Bonchev–Trinajstić information content (AvgIpc) is 3.07. The number of benzene rings is 1. The Hall–Kier alpha value is 1.13. The summed E-state index contributed by atoms with van der Waals surface area (Å²) in [5.74, 6) is 0. The minimum atomic E-state index is -3.37. The monoisotopic (exact) mass is 546 g/mol. The molecule has 1 fully saturated rings. The van der Waals surface area contributed by atoms with E-state index >= 15 is 0 Å². The summed E-state index contributed by atoms with van der Waals surface area (Å²) in [5.41, 5.74) is 2.02. The van der Waals surface area contributed by atoms with Crippen molar-refractivity contribution in [3.8, 4) is 0 Å². The first-order valence-electron chi connectivity index (χ1n) is 5.49. The van der Waals surface area contributed by atoms with Gasteiger partial charge in [-0.3, -0.25) is 0 Å². The number of epoxide rings is 1. The van der Waals surface area contributed by atoms with Crippen LogP contribution < -0.4 is 4.72 Å². The summed E-state index contributed by atoms with van der Waals surface area (Å²) < 4.78 is 31.0. The molecule has 2 unspecified atom stereocenters. The Morgan fingerprint density at radius 2 is 1.89 bits per heavy atom. The van der Waals surface area contributed by atoms with Gasteiger partial charge in [-0.2, -0.15) is 0 Å². The molecular formula is C11H15I2NO3SV. The maximum absolute atomic E-state index is 11.6. The van der Waals surface area contributed by atoms with Gasteiger partial charge in [-0.15, -0.1) is 0 Å². The fourth-order valence-corrected chi connectivity index (χ4v) is 2.49.